The second-order valence-electron chi connectivity index (χ2n) is 4.47. The second kappa shape index (κ2) is 16.0. The van der Waals surface area contributed by atoms with Crippen molar-refractivity contribution in [3.05, 3.63) is 127 Å². The molecular formula is C23H25ClTi. The molecule has 0 nitrogen and oxygen atoms in total. The van der Waals surface area contributed by atoms with Gasteiger partial charge in [0, 0.05) is 0 Å². The van der Waals surface area contributed by atoms with E-state index in [1.54, 1.807) is 13.8 Å². The minimum Gasteiger partial charge on any atom is -0.0999 e. The largest absolute Gasteiger partial charge is 0.0999 e. The molecule has 0 radical (unpaired) electrons. The molecule has 0 aliphatic carbocycles. The Bertz CT molecular complexity index is 530. The Balaban J connectivity index is 0.000000871. The molecule has 0 atom stereocenters. The van der Waals surface area contributed by atoms with Crippen LogP contribution in [0.3, 0.4) is 0 Å². The van der Waals surface area contributed by atoms with Crippen LogP contribution in [0.1, 0.15) is 30.5 Å². The van der Waals surface area contributed by atoms with Crippen molar-refractivity contribution >= 4 is 9.30 Å². The van der Waals surface area contributed by atoms with E-state index in [9.17, 15) is 0 Å². The average Bonchev–Trinajstić information content (AvgIpc) is 2.75. The van der Waals surface area contributed by atoms with Gasteiger partial charge in [-0.15, -0.1) is 0 Å². The van der Waals surface area contributed by atoms with Crippen LogP contribution in [0.2, 0.25) is 0 Å². The van der Waals surface area contributed by atoms with Gasteiger partial charge in [-0.05, 0) is 0 Å². The summed E-state index contributed by atoms with van der Waals surface area (Å²) in [6.07, 6.45) is 0. The monoisotopic (exact) mass is 384 g/mol. The molecule has 0 bridgehead atoms. The van der Waals surface area contributed by atoms with Gasteiger partial charge >= 0.3 is 28.7 Å². The van der Waals surface area contributed by atoms with Gasteiger partial charge in [0.05, 0.1) is 0 Å². The Kier molecular flexibility index (Phi) is 15.1. The van der Waals surface area contributed by atoms with E-state index in [4.69, 9.17) is 0 Å². The topological polar surface area (TPSA) is 0 Å². The Hall–Kier alpha value is -1.47. The molecule has 0 N–H and O–H groups in total. The molecule has 2 heteroatoms. The van der Waals surface area contributed by atoms with Crippen LogP contribution in [0.5, 0.6) is 0 Å². The third kappa shape index (κ3) is 7.97. The summed E-state index contributed by atoms with van der Waals surface area (Å²) in [5, 5.41) is 0. The van der Waals surface area contributed by atoms with Gasteiger partial charge in [-0.2, -0.15) is 13.8 Å². The molecule has 0 aliphatic rings. The van der Waals surface area contributed by atoms with Gasteiger partial charge in [0.2, 0.25) is 0 Å². The summed E-state index contributed by atoms with van der Waals surface area (Å²) in [7, 11) is 4.64. The van der Waals surface area contributed by atoms with Crippen molar-refractivity contribution in [2.45, 2.75) is 13.8 Å². The summed E-state index contributed by atoms with van der Waals surface area (Å²) < 4.78 is 0. The SMILES string of the molecule is [CH2-]C.[CH2-]C.[Cl][Ti+3].c1ccc([C-](c2ccccc2)c2ccccc2)cc1. The first-order valence-electron chi connectivity index (χ1n) is 8.09. The first kappa shape index (κ1) is 23.5. The van der Waals surface area contributed by atoms with Crippen LogP contribution in [0.25, 0.3) is 0 Å². The molecule has 0 aromatic heterocycles. The van der Waals surface area contributed by atoms with Crippen molar-refractivity contribution in [1.29, 1.82) is 0 Å². The predicted molar refractivity (Wildman–Crippen MR) is 108 cm³/mol. The smallest absolute Gasteiger partial charge is 0.0710 e. The molecule has 0 saturated heterocycles. The van der Waals surface area contributed by atoms with Crippen LogP contribution in [-0.4, -0.2) is 0 Å². The number of halogens is 1. The molecule has 3 rings (SSSR count). The maximum absolute atomic E-state index is 4.64. The molecule has 0 saturated carbocycles. The fraction of sp³-hybridized carbons (Fsp3) is 0.0870. The van der Waals surface area contributed by atoms with E-state index in [0.29, 0.717) is 0 Å². The molecule has 128 valence electrons. The van der Waals surface area contributed by atoms with Crippen LogP contribution in [0, 0.1) is 19.8 Å². The van der Waals surface area contributed by atoms with Crippen molar-refractivity contribution in [2.24, 2.45) is 0 Å². The molecule has 0 amide bonds. The van der Waals surface area contributed by atoms with Gasteiger partial charge in [-0.3, -0.25) is 0 Å². The third-order valence-electron chi connectivity index (χ3n) is 3.19. The molecule has 3 aromatic carbocycles. The third-order valence-corrected chi connectivity index (χ3v) is 3.19. The molecule has 3 aromatic rings. The van der Waals surface area contributed by atoms with Crippen LogP contribution >= 0.6 is 9.30 Å². The summed E-state index contributed by atoms with van der Waals surface area (Å²) in [5.41, 5.74) is 3.75. The van der Waals surface area contributed by atoms with E-state index in [1.807, 2.05) is 0 Å². The quantitative estimate of drug-likeness (QED) is 0.257. The van der Waals surface area contributed by atoms with Gasteiger partial charge < -0.3 is 13.8 Å². The summed E-state index contributed by atoms with van der Waals surface area (Å²) >= 11 is 1.47. The Morgan fingerprint density at radius 3 is 0.920 bits per heavy atom. The standard InChI is InChI=1S/C19H15.2C2H5.ClH.Ti/c1-4-10-16(11-5-1)19(17-12-6-2-7-13-17)18-14-8-3-9-15-18;2*1-2;;/h1-15H;2*1H2,2H3;1H;/q3*-1;;+4/p-1. The average molecular weight is 385 g/mol. The predicted octanol–water partition coefficient (Wildman–Crippen LogP) is 7.07. The van der Waals surface area contributed by atoms with Crippen LogP contribution in [-0.2, 0) is 19.4 Å². The fourth-order valence-corrected chi connectivity index (χ4v) is 2.31. The zero-order chi connectivity index (χ0) is 18.9. The zero-order valence-corrected chi connectivity index (χ0v) is 17.3. The van der Waals surface area contributed by atoms with E-state index in [2.05, 4.69) is 114 Å². The molecule has 0 spiro atoms. The first-order valence-corrected chi connectivity index (χ1v) is 10.2. The van der Waals surface area contributed by atoms with Crippen LogP contribution < -0.4 is 0 Å². The van der Waals surface area contributed by atoms with Crippen LogP contribution in [0.4, 0.5) is 0 Å². The second-order valence-corrected chi connectivity index (χ2v) is 4.47. The maximum atomic E-state index is 4.64. The minimum atomic E-state index is 1.25. The van der Waals surface area contributed by atoms with E-state index in [-0.39, 0.29) is 0 Å². The van der Waals surface area contributed by atoms with Gasteiger partial charge in [0.15, 0.2) is 0 Å². The minimum absolute atomic E-state index is 1.25. The maximum Gasteiger partial charge on any atom is -0.0710 e. The van der Waals surface area contributed by atoms with Gasteiger partial charge in [0.1, 0.15) is 0 Å². The van der Waals surface area contributed by atoms with Gasteiger partial charge in [-0.1, -0.05) is 114 Å². The first-order chi connectivity index (χ1) is 12.4. The van der Waals surface area contributed by atoms with E-state index in [0.717, 1.165) is 0 Å². The van der Waals surface area contributed by atoms with Crippen molar-refractivity contribution in [3.63, 3.8) is 0 Å². The normalized spacial score (nSPS) is 8.44. The summed E-state index contributed by atoms with van der Waals surface area (Å²) in [6.45, 7) is 10.0. The Morgan fingerprint density at radius 1 is 0.520 bits per heavy atom. The molecule has 0 unspecified atom stereocenters. The number of rotatable bonds is 3. The number of hydrogen-bond acceptors (Lipinski definition) is 0. The molecule has 0 fully saturated rings. The van der Waals surface area contributed by atoms with E-state index >= 15 is 0 Å². The molecule has 0 aliphatic heterocycles. The summed E-state index contributed by atoms with van der Waals surface area (Å²) in [5.74, 6) is 1.28. The van der Waals surface area contributed by atoms with E-state index in [1.165, 1.54) is 42.0 Å². The Morgan fingerprint density at radius 2 is 0.720 bits per heavy atom. The van der Waals surface area contributed by atoms with E-state index < -0.39 is 0 Å². The van der Waals surface area contributed by atoms with Crippen molar-refractivity contribution < 1.29 is 19.4 Å². The van der Waals surface area contributed by atoms with Crippen molar-refractivity contribution in [1.82, 2.24) is 0 Å². The summed E-state index contributed by atoms with van der Waals surface area (Å²) in [4.78, 5) is 0. The molecule has 0 heterocycles. The van der Waals surface area contributed by atoms with Crippen LogP contribution in [0.15, 0.2) is 91.0 Å². The summed E-state index contributed by atoms with van der Waals surface area (Å²) in [6, 6.07) is 31.6. The number of hydrogen-bond donors (Lipinski definition) is 0. The van der Waals surface area contributed by atoms with Gasteiger partial charge in [0.25, 0.3) is 0 Å². The zero-order valence-electron chi connectivity index (χ0n) is 15.0. The number of benzene rings is 3. The molecular weight excluding hydrogens is 360 g/mol. The van der Waals surface area contributed by atoms with Crippen molar-refractivity contribution in [2.75, 3.05) is 0 Å². The van der Waals surface area contributed by atoms with Gasteiger partial charge in [-0.25, -0.2) is 0 Å². The fourth-order valence-electron chi connectivity index (χ4n) is 2.31. The van der Waals surface area contributed by atoms with Crippen molar-refractivity contribution in [3.8, 4) is 0 Å². The molecule has 25 heavy (non-hydrogen) atoms. The Labute approximate surface area is 169 Å².